The molecular weight excluding hydrogens is 496 g/mol. The monoisotopic (exact) mass is 524 g/mol. The molecule has 4 aromatic rings. The Morgan fingerprint density at radius 3 is 2.39 bits per heavy atom. The number of para-hydroxylation sites is 1. The van der Waals surface area contributed by atoms with Gasteiger partial charge in [0.1, 0.15) is 11.5 Å². The number of hydrogen-bond acceptors (Lipinski definition) is 6. The van der Waals surface area contributed by atoms with Crippen molar-refractivity contribution in [3.63, 3.8) is 0 Å². The zero-order chi connectivity index (χ0) is 26.8. The number of fused-ring (bicyclic) bond motifs is 1. The summed E-state index contributed by atoms with van der Waals surface area (Å²) in [5.74, 6) is 1.28. The molecule has 192 valence electrons. The maximum absolute atomic E-state index is 13.8. The van der Waals surface area contributed by atoms with Crippen molar-refractivity contribution in [2.45, 2.75) is 32.7 Å². The van der Waals surface area contributed by atoms with Gasteiger partial charge in [-0.15, -0.1) is 0 Å². The van der Waals surface area contributed by atoms with Crippen molar-refractivity contribution in [2.75, 3.05) is 7.11 Å². The van der Waals surface area contributed by atoms with Crippen LogP contribution in [0.1, 0.15) is 49.4 Å². The van der Waals surface area contributed by atoms with E-state index in [1.807, 2.05) is 84.9 Å². The normalized spacial score (nSPS) is 15.3. The Morgan fingerprint density at radius 1 is 1.00 bits per heavy atom. The minimum atomic E-state index is -0.630. The fourth-order valence-corrected chi connectivity index (χ4v) is 5.56. The summed E-state index contributed by atoms with van der Waals surface area (Å²) in [5, 5.41) is 0. The van der Waals surface area contributed by atoms with Gasteiger partial charge in [0, 0.05) is 0 Å². The number of benzene rings is 3. The van der Waals surface area contributed by atoms with Crippen molar-refractivity contribution in [1.29, 1.82) is 0 Å². The smallest absolute Gasteiger partial charge is 0.338 e. The van der Waals surface area contributed by atoms with Crippen molar-refractivity contribution >= 4 is 23.4 Å². The lowest BCUT2D eigenvalue weighted by Crippen LogP contribution is -2.39. The second-order valence-corrected chi connectivity index (χ2v) is 10.4. The van der Waals surface area contributed by atoms with Crippen LogP contribution < -0.4 is 19.6 Å². The average molecular weight is 525 g/mol. The summed E-state index contributed by atoms with van der Waals surface area (Å²) >= 11 is 1.30. The molecule has 0 spiro atoms. The van der Waals surface area contributed by atoms with Gasteiger partial charge in [0.15, 0.2) is 4.80 Å². The maximum Gasteiger partial charge on any atom is 0.338 e. The third kappa shape index (κ3) is 4.97. The fraction of sp³-hybridized carbons (Fsp3) is 0.194. The molecule has 6 nitrogen and oxygen atoms in total. The molecule has 2 heterocycles. The van der Waals surface area contributed by atoms with Crippen molar-refractivity contribution in [1.82, 2.24) is 4.57 Å². The van der Waals surface area contributed by atoms with Crippen molar-refractivity contribution in [3.8, 4) is 11.5 Å². The van der Waals surface area contributed by atoms with E-state index in [1.54, 1.807) is 11.5 Å². The van der Waals surface area contributed by atoms with Crippen LogP contribution in [0, 0.1) is 0 Å². The molecule has 7 heteroatoms. The van der Waals surface area contributed by atoms with E-state index in [-0.39, 0.29) is 5.56 Å². The standard InChI is InChI=1S/C31H28N2O4S/c1-19(2)22-13-15-23(16-14-22)28-27(30(35)36-4)20(3)32-31-33(28)29(34)26(38-31)18-21-9-8-12-25(17-21)37-24-10-6-5-7-11-24/h5-19,28H,1-4H3/b26-18-. The van der Waals surface area contributed by atoms with Crippen LogP contribution in [0.25, 0.3) is 6.08 Å². The van der Waals surface area contributed by atoms with Crippen molar-refractivity contribution in [2.24, 2.45) is 4.99 Å². The lowest BCUT2D eigenvalue weighted by atomic mass is 9.93. The molecule has 1 unspecified atom stereocenters. The predicted molar refractivity (Wildman–Crippen MR) is 149 cm³/mol. The number of ether oxygens (including phenoxy) is 2. The van der Waals surface area contributed by atoms with Crippen LogP contribution in [0.15, 0.2) is 99.9 Å². The van der Waals surface area contributed by atoms with E-state index in [2.05, 4.69) is 18.8 Å². The Hall–Kier alpha value is -4.23. The zero-order valence-corrected chi connectivity index (χ0v) is 22.5. The van der Waals surface area contributed by atoms with Crippen molar-refractivity contribution < 1.29 is 14.3 Å². The first kappa shape index (κ1) is 25.4. The number of carbonyl (C=O) groups is 1. The van der Waals surface area contributed by atoms with Gasteiger partial charge in [-0.3, -0.25) is 9.36 Å². The molecule has 0 bridgehead atoms. The third-order valence-corrected chi connectivity index (χ3v) is 7.46. The minimum absolute atomic E-state index is 0.213. The maximum atomic E-state index is 13.8. The molecule has 0 radical (unpaired) electrons. The van der Waals surface area contributed by atoms with Gasteiger partial charge >= 0.3 is 5.97 Å². The summed E-state index contributed by atoms with van der Waals surface area (Å²) in [6.07, 6.45) is 1.83. The number of rotatable bonds is 6. The molecule has 0 saturated carbocycles. The summed E-state index contributed by atoms with van der Waals surface area (Å²) in [5.41, 5.74) is 3.53. The molecule has 1 aromatic heterocycles. The topological polar surface area (TPSA) is 69.9 Å². The van der Waals surface area contributed by atoms with E-state index in [4.69, 9.17) is 9.47 Å². The Labute approximate surface area is 224 Å². The highest BCUT2D eigenvalue weighted by atomic mass is 32.1. The van der Waals surface area contributed by atoms with Gasteiger partial charge in [-0.05, 0) is 59.9 Å². The lowest BCUT2D eigenvalue weighted by molar-refractivity contribution is -0.136. The van der Waals surface area contributed by atoms with Crippen LogP contribution in [-0.2, 0) is 9.53 Å². The average Bonchev–Trinajstić information content (AvgIpc) is 3.22. The highest BCUT2D eigenvalue weighted by Gasteiger charge is 2.33. The molecule has 1 aliphatic heterocycles. The number of allylic oxidation sites excluding steroid dienone is 1. The molecule has 1 aliphatic rings. The van der Waals surface area contributed by atoms with Gasteiger partial charge in [0.2, 0.25) is 0 Å². The Bertz CT molecular complexity index is 1700. The molecule has 5 rings (SSSR count). The summed E-state index contributed by atoms with van der Waals surface area (Å²) in [7, 11) is 1.34. The molecule has 0 amide bonds. The second kappa shape index (κ2) is 10.6. The van der Waals surface area contributed by atoms with Gasteiger partial charge in [0.25, 0.3) is 5.56 Å². The van der Waals surface area contributed by atoms with E-state index in [1.165, 1.54) is 24.0 Å². The van der Waals surface area contributed by atoms with E-state index >= 15 is 0 Å². The minimum Gasteiger partial charge on any atom is -0.466 e. The summed E-state index contributed by atoms with van der Waals surface area (Å²) < 4.78 is 13.2. The van der Waals surface area contributed by atoms with E-state index < -0.39 is 12.0 Å². The zero-order valence-electron chi connectivity index (χ0n) is 21.7. The molecule has 0 N–H and O–H groups in total. The van der Waals surface area contributed by atoms with Crippen LogP contribution in [0.4, 0.5) is 0 Å². The molecule has 0 aliphatic carbocycles. The number of aromatic nitrogens is 1. The SMILES string of the molecule is COC(=O)C1=C(C)N=c2s/c(=C\c3cccc(Oc4ccccc4)c3)c(=O)n2C1c1ccc(C(C)C)cc1. The van der Waals surface area contributed by atoms with Gasteiger partial charge in [-0.2, -0.15) is 0 Å². The van der Waals surface area contributed by atoms with Crippen LogP contribution in [0.3, 0.4) is 0 Å². The molecule has 1 atom stereocenters. The van der Waals surface area contributed by atoms with Crippen LogP contribution in [0.2, 0.25) is 0 Å². The second-order valence-electron chi connectivity index (χ2n) is 9.38. The lowest BCUT2D eigenvalue weighted by Gasteiger charge is -2.24. The first-order valence-electron chi connectivity index (χ1n) is 12.4. The number of esters is 1. The van der Waals surface area contributed by atoms with E-state index in [9.17, 15) is 9.59 Å². The third-order valence-electron chi connectivity index (χ3n) is 6.48. The first-order chi connectivity index (χ1) is 18.4. The Morgan fingerprint density at radius 2 is 1.71 bits per heavy atom. The number of hydrogen-bond donors (Lipinski definition) is 0. The van der Waals surface area contributed by atoms with Crippen LogP contribution >= 0.6 is 11.3 Å². The molecule has 0 fully saturated rings. The summed E-state index contributed by atoms with van der Waals surface area (Å²) in [6.45, 7) is 6.03. The highest BCUT2D eigenvalue weighted by Crippen LogP contribution is 2.31. The van der Waals surface area contributed by atoms with E-state index in [0.29, 0.717) is 32.3 Å². The van der Waals surface area contributed by atoms with Gasteiger partial charge in [-0.25, -0.2) is 9.79 Å². The van der Waals surface area contributed by atoms with Gasteiger partial charge < -0.3 is 9.47 Å². The number of carbonyl (C=O) groups excluding carboxylic acids is 1. The summed E-state index contributed by atoms with van der Waals surface area (Å²) in [4.78, 5) is 31.8. The highest BCUT2D eigenvalue weighted by molar-refractivity contribution is 7.07. The quantitative estimate of drug-likeness (QED) is 0.320. The number of methoxy groups -OCH3 is 1. The largest absolute Gasteiger partial charge is 0.466 e. The number of thiazole rings is 1. The predicted octanol–water partition coefficient (Wildman–Crippen LogP) is 5.32. The number of nitrogens with zero attached hydrogens (tertiary/aromatic N) is 2. The molecule has 38 heavy (non-hydrogen) atoms. The Kier molecular flexibility index (Phi) is 7.11. The van der Waals surface area contributed by atoms with Crippen molar-refractivity contribution in [3.05, 3.63) is 127 Å². The summed E-state index contributed by atoms with van der Waals surface area (Å²) in [6, 6.07) is 24.5. The van der Waals surface area contributed by atoms with Gasteiger partial charge in [-0.1, -0.05) is 79.8 Å². The first-order valence-corrected chi connectivity index (χ1v) is 13.2. The fourth-order valence-electron chi connectivity index (χ4n) is 4.52. The molecular formula is C31H28N2O4S. The van der Waals surface area contributed by atoms with Crippen LogP contribution in [-0.4, -0.2) is 17.6 Å². The Balaban J connectivity index is 1.61. The van der Waals surface area contributed by atoms with Gasteiger partial charge in [0.05, 0.1) is 29.0 Å². The van der Waals surface area contributed by atoms with E-state index in [0.717, 1.165) is 16.9 Å². The molecule has 0 saturated heterocycles. The van der Waals surface area contributed by atoms with Crippen LogP contribution in [0.5, 0.6) is 11.5 Å². The molecule has 3 aromatic carbocycles.